The SMILES string of the molecule is CC(O)Sc1ccc(C(=O)O)c(Cl)c1. The van der Waals surface area contributed by atoms with Gasteiger partial charge < -0.3 is 10.2 Å². The van der Waals surface area contributed by atoms with Crippen LogP contribution in [0.5, 0.6) is 0 Å². The van der Waals surface area contributed by atoms with Gasteiger partial charge in [-0.3, -0.25) is 0 Å². The number of thioether (sulfide) groups is 1. The maximum absolute atomic E-state index is 10.6. The number of aliphatic hydroxyl groups excluding tert-OH is 1. The van der Waals surface area contributed by atoms with E-state index in [-0.39, 0.29) is 10.6 Å². The summed E-state index contributed by atoms with van der Waals surface area (Å²) < 4.78 is 0. The Labute approximate surface area is 90.7 Å². The fourth-order valence-electron chi connectivity index (χ4n) is 0.940. The van der Waals surface area contributed by atoms with E-state index in [1.807, 2.05) is 0 Å². The van der Waals surface area contributed by atoms with E-state index >= 15 is 0 Å². The second kappa shape index (κ2) is 4.68. The van der Waals surface area contributed by atoms with Crippen LogP contribution >= 0.6 is 23.4 Å². The van der Waals surface area contributed by atoms with Gasteiger partial charge in [-0.1, -0.05) is 23.4 Å². The van der Waals surface area contributed by atoms with Crippen molar-refractivity contribution in [2.75, 3.05) is 0 Å². The Hall–Kier alpha value is -0.710. The average molecular weight is 233 g/mol. The second-order valence-electron chi connectivity index (χ2n) is 2.66. The molecule has 0 radical (unpaired) electrons. The highest BCUT2D eigenvalue weighted by molar-refractivity contribution is 7.99. The Morgan fingerprint density at radius 3 is 2.64 bits per heavy atom. The number of halogens is 1. The molecule has 0 aromatic heterocycles. The zero-order valence-electron chi connectivity index (χ0n) is 7.40. The number of carboxylic acid groups (broad SMARTS) is 1. The third-order valence-corrected chi connectivity index (χ3v) is 2.66. The van der Waals surface area contributed by atoms with Crippen LogP contribution in [0.25, 0.3) is 0 Å². The Kier molecular flexibility index (Phi) is 3.80. The minimum absolute atomic E-state index is 0.0709. The molecule has 0 bridgehead atoms. The van der Waals surface area contributed by atoms with Crippen molar-refractivity contribution in [2.24, 2.45) is 0 Å². The van der Waals surface area contributed by atoms with Crippen LogP contribution in [-0.4, -0.2) is 21.6 Å². The molecule has 2 N–H and O–H groups in total. The van der Waals surface area contributed by atoms with E-state index in [4.69, 9.17) is 21.8 Å². The lowest BCUT2D eigenvalue weighted by atomic mass is 10.2. The molecule has 1 rings (SSSR count). The maximum atomic E-state index is 10.6. The van der Waals surface area contributed by atoms with Crippen molar-refractivity contribution >= 4 is 29.3 Å². The first-order valence-corrected chi connectivity index (χ1v) is 5.14. The highest BCUT2D eigenvalue weighted by Crippen LogP contribution is 2.26. The van der Waals surface area contributed by atoms with E-state index in [1.54, 1.807) is 13.0 Å². The molecule has 0 saturated heterocycles. The standard InChI is InChI=1S/C9H9ClO3S/c1-5(11)14-6-2-3-7(9(12)13)8(10)4-6/h2-5,11H,1H3,(H,12,13). The van der Waals surface area contributed by atoms with Gasteiger partial charge in [0.15, 0.2) is 0 Å². The summed E-state index contributed by atoms with van der Waals surface area (Å²) in [5.74, 6) is -1.05. The molecule has 0 heterocycles. The number of aromatic carboxylic acids is 1. The lowest BCUT2D eigenvalue weighted by molar-refractivity contribution is 0.0697. The van der Waals surface area contributed by atoms with Crippen molar-refractivity contribution in [1.29, 1.82) is 0 Å². The minimum Gasteiger partial charge on any atom is -0.478 e. The first-order chi connectivity index (χ1) is 6.50. The minimum atomic E-state index is -1.05. The van der Waals surface area contributed by atoms with Gasteiger partial charge in [0.2, 0.25) is 0 Å². The molecule has 0 aliphatic carbocycles. The molecule has 0 spiro atoms. The summed E-state index contributed by atoms with van der Waals surface area (Å²) >= 11 is 6.94. The first-order valence-electron chi connectivity index (χ1n) is 3.88. The average Bonchev–Trinajstić information content (AvgIpc) is 2.01. The van der Waals surface area contributed by atoms with E-state index in [0.29, 0.717) is 0 Å². The van der Waals surface area contributed by atoms with Gasteiger partial charge in [0.1, 0.15) is 5.44 Å². The van der Waals surface area contributed by atoms with Gasteiger partial charge in [0.25, 0.3) is 0 Å². The summed E-state index contributed by atoms with van der Waals surface area (Å²) in [6, 6.07) is 4.57. The van der Waals surface area contributed by atoms with Crippen LogP contribution in [0.15, 0.2) is 23.1 Å². The number of benzene rings is 1. The molecule has 1 atom stereocenters. The molecule has 1 aromatic carbocycles. The van der Waals surface area contributed by atoms with Crippen LogP contribution in [0.2, 0.25) is 5.02 Å². The summed E-state index contributed by atoms with van der Waals surface area (Å²) in [5, 5.41) is 18.0. The summed E-state index contributed by atoms with van der Waals surface area (Å²) in [7, 11) is 0. The molecule has 0 aliphatic rings. The Morgan fingerprint density at radius 2 is 2.21 bits per heavy atom. The number of rotatable bonds is 3. The monoisotopic (exact) mass is 232 g/mol. The quantitative estimate of drug-likeness (QED) is 0.621. The fraction of sp³-hybridized carbons (Fsp3) is 0.222. The highest BCUT2D eigenvalue weighted by Gasteiger charge is 2.09. The van der Waals surface area contributed by atoms with Crippen LogP contribution in [-0.2, 0) is 0 Å². The molecule has 1 unspecified atom stereocenters. The molecule has 1 aromatic rings. The zero-order valence-corrected chi connectivity index (χ0v) is 8.97. The van der Waals surface area contributed by atoms with E-state index < -0.39 is 11.4 Å². The third-order valence-electron chi connectivity index (χ3n) is 1.48. The molecule has 5 heteroatoms. The van der Waals surface area contributed by atoms with E-state index in [1.165, 1.54) is 23.9 Å². The molecule has 0 fully saturated rings. The van der Waals surface area contributed by atoms with E-state index in [0.717, 1.165) is 4.90 Å². The number of carbonyl (C=O) groups is 1. The van der Waals surface area contributed by atoms with Crippen molar-refractivity contribution in [3.8, 4) is 0 Å². The molecule has 14 heavy (non-hydrogen) atoms. The maximum Gasteiger partial charge on any atom is 0.337 e. The van der Waals surface area contributed by atoms with Gasteiger partial charge in [-0.05, 0) is 25.1 Å². The van der Waals surface area contributed by atoms with E-state index in [2.05, 4.69) is 0 Å². The Bertz CT molecular complexity index is 352. The smallest absolute Gasteiger partial charge is 0.337 e. The lowest BCUT2D eigenvalue weighted by Gasteiger charge is -2.05. The summed E-state index contributed by atoms with van der Waals surface area (Å²) in [6.07, 6.45) is 0. The van der Waals surface area contributed by atoms with Gasteiger partial charge in [-0.2, -0.15) is 0 Å². The van der Waals surface area contributed by atoms with Crippen molar-refractivity contribution in [1.82, 2.24) is 0 Å². The molecule has 0 amide bonds. The number of hydrogen-bond donors (Lipinski definition) is 2. The highest BCUT2D eigenvalue weighted by atomic mass is 35.5. The lowest BCUT2D eigenvalue weighted by Crippen LogP contribution is -1.98. The number of aliphatic hydroxyl groups is 1. The number of hydrogen-bond acceptors (Lipinski definition) is 3. The predicted octanol–water partition coefficient (Wildman–Crippen LogP) is 2.47. The molecular weight excluding hydrogens is 224 g/mol. The normalized spacial score (nSPS) is 12.5. The van der Waals surface area contributed by atoms with Gasteiger partial charge >= 0.3 is 5.97 Å². The Morgan fingerprint density at radius 1 is 1.57 bits per heavy atom. The predicted molar refractivity (Wildman–Crippen MR) is 55.9 cm³/mol. The zero-order chi connectivity index (χ0) is 10.7. The molecule has 3 nitrogen and oxygen atoms in total. The van der Waals surface area contributed by atoms with Gasteiger partial charge in [0.05, 0.1) is 10.6 Å². The largest absolute Gasteiger partial charge is 0.478 e. The van der Waals surface area contributed by atoms with Crippen LogP contribution < -0.4 is 0 Å². The molecule has 0 aliphatic heterocycles. The van der Waals surface area contributed by atoms with Crippen molar-refractivity contribution in [2.45, 2.75) is 17.3 Å². The fourth-order valence-corrected chi connectivity index (χ4v) is 1.99. The van der Waals surface area contributed by atoms with Crippen molar-refractivity contribution < 1.29 is 15.0 Å². The summed E-state index contributed by atoms with van der Waals surface area (Å²) in [4.78, 5) is 11.4. The van der Waals surface area contributed by atoms with Gasteiger partial charge in [-0.25, -0.2) is 4.79 Å². The Balaban J connectivity index is 2.94. The molecule has 0 saturated carbocycles. The number of carboxylic acids is 1. The van der Waals surface area contributed by atoms with Crippen LogP contribution in [0, 0.1) is 0 Å². The molecular formula is C9H9ClO3S. The summed E-state index contributed by atoms with van der Waals surface area (Å²) in [5.41, 5.74) is -0.469. The van der Waals surface area contributed by atoms with E-state index in [9.17, 15) is 4.79 Å². The second-order valence-corrected chi connectivity index (χ2v) is 4.46. The van der Waals surface area contributed by atoms with Gasteiger partial charge in [-0.15, -0.1) is 0 Å². The summed E-state index contributed by atoms with van der Waals surface area (Å²) in [6.45, 7) is 1.63. The van der Waals surface area contributed by atoms with Gasteiger partial charge in [0, 0.05) is 4.90 Å². The van der Waals surface area contributed by atoms with Crippen LogP contribution in [0.4, 0.5) is 0 Å². The molecule has 76 valence electrons. The third kappa shape index (κ3) is 2.90. The van der Waals surface area contributed by atoms with Crippen LogP contribution in [0.3, 0.4) is 0 Å². The van der Waals surface area contributed by atoms with Crippen molar-refractivity contribution in [3.05, 3.63) is 28.8 Å². The van der Waals surface area contributed by atoms with Crippen molar-refractivity contribution in [3.63, 3.8) is 0 Å². The first kappa shape index (κ1) is 11.4. The topological polar surface area (TPSA) is 57.5 Å². The van der Waals surface area contributed by atoms with Crippen LogP contribution in [0.1, 0.15) is 17.3 Å².